The van der Waals surface area contributed by atoms with Crippen molar-refractivity contribution in [2.75, 3.05) is 0 Å². The molecule has 0 spiro atoms. The molecule has 0 bridgehead atoms. The summed E-state index contributed by atoms with van der Waals surface area (Å²) in [5.74, 6) is -2.56. The summed E-state index contributed by atoms with van der Waals surface area (Å²) < 4.78 is 42.8. The molecule has 9 nitrogen and oxygen atoms in total. The van der Waals surface area contributed by atoms with Gasteiger partial charge in [0, 0.05) is 0 Å². The van der Waals surface area contributed by atoms with Crippen molar-refractivity contribution in [1.82, 2.24) is 19.7 Å². The summed E-state index contributed by atoms with van der Waals surface area (Å²) in [6.07, 6.45) is -3.05. The minimum absolute atomic E-state index is 0.00127. The Kier molecular flexibility index (Phi) is 7.11. The number of hydrogen-bond acceptors (Lipinski definition) is 7. The number of rotatable bonds is 6. The molecule has 1 aromatic heterocycles. The van der Waals surface area contributed by atoms with Crippen molar-refractivity contribution in [2.24, 2.45) is 4.99 Å². The fourth-order valence-electron chi connectivity index (χ4n) is 4.36. The summed E-state index contributed by atoms with van der Waals surface area (Å²) in [6.45, 7) is -0.00127. The topological polar surface area (TPSA) is 113 Å². The maximum Gasteiger partial charge on any atom is 0.573 e. The Hall–Kier alpha value is -5.31. The van der Waals surface area contributed by atoms with Crippen molar-refractivity contribution < 1.29 is 27.5 Å². The van der Waals surface area contributed by atoms with E-state index in [2.05, 4.69) is 19.8 Å². The molecule has 40 heavy (non-hydrogen) atoms. The molecule has 0 N–H and O–H groups in total. The highest BCUT2D eigenvalue weighted by Gasteiger charge is 2.42. The van der Waals surface area contributed by atoms with Crippen LogP contribution in [0.4, 0.5) is 13.2 Å². The molecule has 12 heteroatoms. The largest absolute Gasteiger partial charge is 0.573 e. The molecule has 2 heterocycles. The molecule has 1 atom stereocenters. The second kappa shape index (κ2) is 10.8. The third kappa shape index (κ3) is 5.58. The molecule has 1 aliphatic rings. The first-order valence-electron chi connectivity index (χ1n) is 12.0. The normalized spacial score (nSPS) is 15.5. The van der Waals surface area contributed by atoms with Crippen molar-refractivity contribution in [3.05, 3.63) is 113 Å². The molecular formula is C28H19F3N6O3. The molecule has 0 saturated carbocycles. The number of carbonyl (C=O) groups is 2. The van der Waals surface area contributed by atoms with E-state index in [0.29, 0.717) is 0 Å². The first-order valence-corrected chi connectivity index (χ1v) is 12.0. The molecule has 0 saturated heterocycles. The Balaban J connectivity index is 1.63. The summed E-state index contributed by atoms with van der Waals surface area (Å²) in [5, 5.41) is 13.7. The molecule has 3 aromatic carbocycles. The molecule has 2 amide bonds. The van der Waals surface area contributed by atoms with Crippen molar-refractivity contribution >= 4 is 11.8 Å². The smallest absolute Gasteiger partial charge is 0.406 e. The van der Waals surface area contributed by atoms with Gasteiger partial charge in [-0.2, -0.15) is 15.0 Å². The molecule has 1 aliphatic heterocycles. The van der Waals surface area contributed by atoms with Gasteiger partial charge in [0.15, 0.2) is 5.69 Å². The van der Waals surface area contributed by atoms with E-state index in [4.69, 9.17) is 0 Å². The van der Waals surface area contributed by atoms with E-state index in [9.17, 15) is 28.0 Å². The molecule has 1 unspecified atom stereocenters. The lowest BCUT2D eigenvalue weighted by molar-refractivity contribution is -0.274. The number of hydrogen-bond donors (Lipinski definition) is 0. The zero-order valence-electron chi connectivity index (χ0n) is 20.6. The Morgan fingerprint density at radius 3 is 2.15 bits per heavy atom. The van der Waals surface area contributed by atoms with Crippen molar-refractivity contribution in [2.45, 2.75) is 25.2 Å². The Labute approximate surface area is 225 Å². The van der Waals surface area contributed by atoms with Gasteiger partial charge >= 0.3 is 6.36 Å². The maximum absolute atomic E-state index is 13.7. The van der Waals surface area contributed by atoms with E-state index >= 15 is 0 Å². The number of imide groups is 1. The minimum Gasteiger partial charge on any atom is -0.406 e. The van der Waals surface area contributed by atoms with Gasteiger partial charge in [-0.25, -0.2) is 4.98 Å². The van der Waals surface area contributed by atoms with E-state index in [1.807, 2.05) is 36.4 Å². The van der Waals surface area contributed by atoms with Crippen LogP contribution in [0.25, 0.3) is 5.69 Å². The summed E-state index contributed by atoms with van der Waals surface area (Å²) in [4.78, 5) is 36.6. The Morgan fingerprint density at radius 2 is 1.55 bits per heavy atom. The van der Waals surface area contributed by atoms with Crippen LogP contribution in [-0.4, -0.2) is 37.8 Å². The molecule has 0 aliphatic carbocycles. The van der Waals surface area contributed by atoms with Gasteiger partial charge in [0.1, 0.15) is 5.75 Å². The van der Waals surface area contributed by atoms with E-state index in [1.54, 1.807) is 30.5 Å². The average molecular weight is 544 g/mol. The quantitative estimate of drug-likeness (QED) is 0.267. The Bertz CT molecular complexity index is 1660. The first kappa shape index (κ1) is 26.3. The monoisotopic (exact) mass is 544 g/mol. The second-order valence-corrected chi connectivity index (χ2v) is 8.77. The zero-order valence-corrected chi connectivity index (χ0v) is 20.6. The van der Waals surface area contributed by atoms with E-state index in [0.717, 1.165) is 32.8 Å². The number of carbonyl (C=O) groups excluding carboxylic acids is 2. The van der Waals surface area contributed by atoms with Crippen LogP contribution in [0.2, 0.25) is 0 Å². The number of nitriles is 1. The van der Waals surface area contributed by atoms with Gasteiger partial charge in [-0.15, -0.1) is 18.2 Å². The molecule has 0 fully saturated rings. The third-order valence-electron chi connectivity index (χ3n) is 6.13. The lowest BCUT2D eigenvalue weighted by Gasteiger charge is -2.31. The highest BCUT2D eigenvalue weighted by Crippen LogP contribution is 2.31. The van der Waals surface area contributed by atoms with Gasteiger partial charge in [0.05, 0.1) is 23.8 Å². The second-order valence-electron chi connectivity index (χ2n) is 8.77. The van der Waals surface area contributed by atoms with Gasteiger partial charge in [-0.3, -0.25) is 14.5 Å². The zero-order chi connectivity index (χ0) is 28.3. The van der Waals surface area contributed by atoms with Gasteiger partial charge in [-0.05, 0) is 41.8 Å². The predicted molar refractivity (Wildman–Crippen MR) is 133 cm³/mol. The van der Waals surface area contributed by atoms with Crippen LogP contribution < -0.4 is 10.4 Å². The molecule has 200 valence electrons. The van der Waals surface area contributed by atoms with Crippen LogP contribution in [0, 0.1) is 11.5 Å². The van der Waals surface area contributed by atoms with E-state index < -0.39 is 29.8 Å². The SMILES string of the molecule is N#CN=c1nc2c(nn1-c1ccc(OC(F)(F)F)cc1)C(=O)N(Cc1ccccc1)C(=O)C2Cc1ccccc1. The van der Waals surface area contributed by atoms with Crippen molar-refractivity contribution in [1.29, 1.82) is 5.26 Å². The number of fused-ring (bicyclic) bond motifs is 1. The summed E-state index contributed by atoms with van der Waals surface area (Å²) in [6, 6.07) is 22.7. The maximum atomic E-state index is 13.7. The number of amides is 2. The van der Waals surface area contributed by atoms with Crippen LogP contribution in [-0.2, 0) is 17.8 Å². The number of ether oxygens (including phenoxy) is 1. The van der Waals surface area contributed by atoms with Crippen LogP contribution in [0.1, 0.15) is 33.2 Å². The minimum atomic E-state index is -4.88. The average Bonchev–Trinajstić information content (AvgIpc) is 2.94. The number of aromatic nitrogens is 3. The number of alkyl halides is 3. The van der Waals surface area contributed by atoms with E-state index in [1.165, 1.54) is 12.1 Å². The summed E-state index contributed by atoms with van der Waals surface area (Å²) in [7, 11) is 0. The number of nitrogens with zero attached hydrogens (tertiary/aromatic N) is 6. The van der Waals surface area contributed by atoms with Gasteiger partial charge < -0.3 is 4.74 Å². The van der Waals surface area contributed by atoms with Crippen molar-refractivity contribution in [3.8, 4) is 17.6 Å². The number of benzene rings is 3. The van der Waals surface area contributed by atoms with Crippen LogP contribution >= 0.6 is 0 Å². The molecule has 4 aromatic rings. The number of halogens is 3. The lowest BCUT2D eigenvalue weighted by atomic mass is 9.90. The summed E-state index contributed by atoms with van der Waals surface area (Å²) >= 11 is 0. The van der Waals surface area contributed by atoms with Crippen LogP contribution in [0.3, 0.4) is 0 Å². The molecular weight excluding hydrogens is 525 g/mol. The molecule has 5 rings (SSSR count). The fraction of sp³-hybridized carbons (Fsp3) is 0.143. The van der Waals surface area contributed by atoms with Crippen LogP contribution in [0.5, 0.6) is 5.75 Å². The lowest BCUT2D eigenvalue weighted by Crippen LogP contribution is -2.48. The van der Waals surface area contributed by atoms with Crippen LogP contribution in [0.15, 0.2) is 89.9 Å². The van der Waals surface area contributed by atoms with Gasteiger partial charge in [-0.1, -0.05) is 60.7 Å². The third-order valence-corrected chi connectivity index (χ3v) is 6.13. The first-order chi connectivity index (χ1) is 19.2. The van der Waals surface area contributed by atoms with E-state index in [-0.39, 0.29) is 35.7 Å². The Morgan fingerprint density at radius 1 is 0.925 bits per heavy atom. The fourth-order valence-corrected chi connectivity index (χ4v) is 4.36. The van der Waals surface area contributed by atoms with Gasteiger partial charge in [0.2, 0.25) is 12.1 Å². The summed E-state index contributed by atoms with van der Waals surface area (Å²) in [5.41, 5.74) is 1.38. The molecule has 0 radical (unpaired) electrons. The van der Waals surface area contributed by atoms with Gasteiger partial charge in [0.25, 0.3) is 11.5 Å². The predicted octanol–water partition coefficient (Wildman–Crippen LogP) is 4.06. The van der Waals surface area contributed by atoms with Crippen molar-refractivity contribution in [3.63, 3.8) is 0 Å². The highest BCUT2D eigenvalue weighted by molar-refractivity contribution is 6.10. The highest BCUT2D eigenvalue weighted by atomic mass is 19.4. The standard InChI is InChI=1S/C28H19F3N6O3/c29-28(30,31)40-21-13-11-20(12-14-21)37-27(33-17-32)34-23-22(15-18-7-3-1-4-8-18)25(38)36(26(39)24(23)35-37)16-19-9-5-2-6-10-19/h1-14,22H,15-16H2.